The molecule has 1 heterocycles. The zero-order valence-corrected chi connectivity index (χ0v) is 10.8. The first-order chi connectivity index (χ1) is 8.69. The highest BCUT2D eigenvalue weighted by Gasteiger charge is 2.04. The summed E-state index contributed by atoms with van der Waals surface area (Å²) in [6.07, 6.45) is 3.05. The quantitative estimate of drug-likeness (QED) is 0.850. The average Bonchev–Trinajstić information content (AvgIpc) is 2.84. The molecule has 0 aliphatic rings. The third-order valence-corrected chi connectivity index (χ3v) is 3.03. The molecule has 2 aromatic rings. The van der Waals surface area contributed by atoms with Crippen LogP contribution in [0.4, 0.5) is 5.82 Å². The Bertz CT molecular complexity index is 507. The van der Waals surface area contributed by atoms with E-state index in [0.717, 1.165) is 17.8 Å². The molecule has 0 spiro atoms. The van der Waals surface area contributed by atoms with Crippen LogP contribution in [0.25, 0.3) is 0 Å². The van der Waals surface area contributed by atoms with E-state index in [1.807, 2.05) is 29.1 Å². The van der Waals surface area contributed by atoms with Crippen LogP contribution in [-0.2, 0) is 6.54 Å². The van der Waals surface area contributed by atoms with Crippen molar-refractivity contribution in [2.75, 3.05) is 5.32 Å². The van der Waals surface area contributed by atoms with E-state index >= 15 is 0 Å². The Hall–Kier alpha value is -1.97. The van der Waals surface area contributed by atoms with Gasteiger partial charge in [-0.25, -0.2) is 0 Å². The number of phenolic OH excluding ortho intramolecular Hbond substituents is 1. The summed E-state index contributed by atoms with van der Waals surface area (Å²) in [6, 6.07) is 9.61. The maximum Gasteiger partial charge on any atom is 0.148 e. The van der Waals surface area contributed by atoms with Gasteiger partial charge in [-0.1, -0.05) is 19.1 Å². The molecule has 0 saturated carbocycles. The van der Waals surface area contributed by atoms with Crippen molar-refractivity contribution in [1.82, 2.24) is 9.78 Å². The van der Waals surface area contributed by atoms with Gasteiger partial charge in [0, 0.05) is 24.8 Å². The summed E-state index contributed by atoms with van der Waals surface area (Å²) < 4.78 is 1.96. The maximum absolute atomic E-state index is 9.37. The van der Waals surface area contributed by atoms with Crippen molar-refractivity contribution in [2.45, 2.75) is 32.9 Å². The second-order valence-electron chi connectivity index (χ2n) is 4.46. The summed E-state index contributed by atoms with van der Waals surface area (Å²) in [4.78, 5) is 0. The number of phenols is 1. The van der Waals surface area contributed by atoms with Gasteiger partial charge in [0.2, 0.25) is 0 Å². The van der Waals surface area contributed by atoms with Gasteiger partial charge in [-0.15, -0.1) is 0 Å². The molecule has 0 unspecified atom stereocenters. The topological polar surface area (TPSA) is 50.1 Å². The van der Waals surface area contributed by atoms with Crippen LogP contribution in [0.5, 0.6) is 5.75 Å². The molecule has 0 amide bonds. The first-order valence-electron chi connectivity index (χ1n) is 6.26. The number of aromatic nitrogens is 2. The summed E-state index contributed by atoms with van der Waals surface area (Å²) in [5.41, 5.74) is 1.04. The molecule has 2 rings (SSSR count). The van der Waals surface area contributed by atoms with Crippen LogP contribution in [0.15, 0.2) is 36.5 Å². The van der Waals surface area contributed by atoms with Crippen molar-refractivity contribution in [1.29, 1.82) is 0 Å². The predicted molar refractivity (Wildman–Crippen MR) is 72.7 cm³/mol. The first kappa shape index (κ1) is 12.5. The Morgan fingerprint density at radius 3 is 2.94 bits per heavy atom. The molecule has 4 heteroatoms. The summed E-state index contributed by atoms with van der Waals surface area (Å²) in [5.74, 6) is 1.15. The molecular formula is C14H19N3O. The number of aromatic hydroxyl groups is 1. The fourth-order valence-corrected chi connectivity index (χ4v) is 1.72. The Morgan fingerprint density at radius 1 is 1.39 bits per heavy atom. The van der Waals surface area contributed by atoms with Gasteiger partial charge in [-0.3, -0.25) is 4.68 Å². The third-order valence-electron chi connectivity index (χ3n) is 3.03. The van der Waals surface area contributed by atoms with E-state index in [9.17, 15) is 5.11 Å². The predicted octanol–water partition coefficient (Wildman–Crippen LogP) is 3.17. The van der Waals surface area contributed by atoms with Gasteiger partial charge in [-0.2, -0.15) is 5.10 Å². The fraction of sp³-hybridized carbons (Fsp3) is 0.357. The highest BCUT2D eigenvalue weighted by molar-refractivity contribution is 5.35. The average molecular weight is 245 g/mol. The molecule has 0 fully saturated rings. The highest BCUT2D eigenvalue weighted by Crippen LogP contribution is 2.14. The first-order valence-corrected chi connectivity index (χ1v) is 6.26. The van der Waals surface area contributed by atoms with E-state index in [2.05, 4.69) is 24.3 Å². The Kier molecular flexibility index (Phi) is 3.87. The van der Waals surface area contributed by atoms with Crippen LogP contribution in [0.3, 0.4) is 0 Å². The van der Waals surface area contributed by atoms with Crippen LogP contribution in [0.2, 0.25) is 0 Å². The van der Waals surface area contributed by atoms with Crippen LogP contribution < -0.4 is 5.32 Å². The minimum absolute atomic E-state index is 0.291. The molecule has 0 bridgehead atoms. The second-order valence-corrected chi connectivity index (χ2v) is 4.46. The van der Waals surface area contributed by atoms with Crippen molar-refractivity contribution in [3.8, 4) is 5.75 Å². The van der Waals surface area contributed by atoms with Crippen molar-refractivity contribution in [3.63, 3.8) is 0 Å². The molecule has 0 radical (unpaired) electrons. The summed E-state index contributed by atoms with van der Waals surface area (Å²) >= 11 is 0. The van der Waals surface area contributed by atoms with Gasteiger partial charge in [0.25, 0.3) is 0 Å². The van der Waals surface area contributed by atoms with E-state index in [1.165, 1.54) is 0 Å². The Labute approximate surface area is 107 Å². The molecule has 96 valence electrons. The molecule has 1 atom stereocenters. The number of nitrogens with zero attached hydrogens (tertiary/aromatic N) is 2. The SMILES string of the molecule is CC[C@H](C)n1ccc(NCc2cccc(O)c2)n1. The lowest BCUT2D eigenvalue weighted by molar-refractivity contribution is 0.474. The third kappa shape index (κ3) is 3.03. The van der Waals surface area contributed by atoms with Gasteiger partial charge in [-0.05, 0) is 31.0 Å². The number of hydrogen-bond donors (Lipinski definition) is 2. The number of nitrogens with one attached hydrogen (secondary N) is 1. The molecule has 0 aliphatic carbocycles. The van der Waals surface area contributed by atoms with E-state index < -0.39 is 0 Å². The lowest BCUT2D eigenvalue weighted by Crippen LogP contribution is -2.06. The van der Waals surface area contributed by atoms with Crippen molar-refractivity contribution < 1.29 is 5.11 Å². The number of rotatable bonds is 5. The zero-order chi connectivity index (χ0) is 13.0. The van der Waals surface area contributed by atoms with Gasteiger partial charge in [0.05, 0.1) is 0 Å². The Balaban J connectivity index is 1.96. The van der Waals surface area contributed by atoms with Crippen molar-refractivity contribution in [2.24, 2.45) is 0 Å². The Morgan fingerprint density at radius 2 is 2.22 bits per heavy atom. The lowest BCUT2D eigenvalue weighted by Gasteiger charge is -2.08. The van der Waals surface area contributed by atoms with Crippen LogP contribution in [0, 0.1) is 0 Å². The number of anilines is 1. The standard InChI is InChI=1S/C14H19N3O/c1-3-11(2)17-8-7-14(16-17)15-10-12-5-4-6-13(18)9-12/h4-9,11,18H,3,10H2,1-2H3,(H,15,16)/t11-/m0/s1. The van der Waals surface area contributed by atoms with Crippen LogP contribution >= 0.6 is 0 Å². The number of benzene rings is 1. The summed E-state index contributed by atoms with van der Waals surface area (Å²) in [5, 5.41) is 17.1. The maximum atomic E-state index is 9.37. The molecule has 18 heavy (non-hydrogen) atoms. The highest BCUT2D eigenvalue weighted by atomic mass is 16.3. The minimum atomic E-state index is 0.291. The van der Waals surface area contributed by atoms with E-state index in [4.69, 9.17) is 0 Å². The van der Waals surface area contributed by atoms with Gasteiger partial charge < -0.3 is 10.4 Å². The molecule has 0 saturated heterocycles. The molecule has 1 aromatic heterocycles. The molecule has 4 nitrogen and oxygen atoms in total. The summed E-state index contributed by atoms with van der Waals surface area (Å²) in [7, 11) is 0. The van der Waals surface area contributed by atoms with Crippen molar-refractivity contribution >= 4 is 5.82 Å². The smallest absolute Gasteiger partial charge is 0.148 e. The van der Waals surface area contributed by atoms with Crippen LogP contribution in [0.1, 0.15) is 31.9 Å². The van der Waals surface area contributed by atoms with Gasteiger partial charge >= 0.3 is 0 Å². The molecule has 2 N–H and O–H groups in total. The van der Waals surface area contributed by atoms with E-state index in [1.54, 1.807) is 12.1 Å². The molecule has 0 aliphatic heterocycles. The minimum Gasteiger partial charge on any atom is -0.508 e. The monoisotopic (exact) mass is 245 g/mol. The molecule has 1 aromatic carbocycles. The summed E-state index contributed by atoms with van der Waals surface area (Å²) in [6.45, 7) is 4.95. The van der Waals surface area contributed by atoms with Gasteiger partial charge in [0.1, 0.15) is 11.6 Å². The van der Waals surface area contributed by atoms with Crippen LogP contribution in [-0.4, -0.2) is 14.9 Å². The lowest BCUT2D eigenvalue weighted by atomic mass is 10.2. The fourth-order valence-electron chi connectivity index (χ4n) is 1.72. The van der Waals surface area contributed by atoms with Crippen molar-refractivity contribution in [3.05, 3.63) is 42.1 Å². The second kappa shape index (κ2) is 5.58. The zero-order valence-electron chi connectivity index (χ0n) is 10.8. The van der Waals surface area contributed by atoms with E-state index in [0.29, 0.717) is 18.3 Å². The molecular weight excluding hydrogens is 226 g/mol. The van der Waals surface area contributed by atoms with Gasteiger partial charge in [0.15, 0.2) is 0 Å². The largest absolute Gasteiger partial charge is 0.508 e. The number of hydrogen-bond acceptors (Lipinski definition) is 3. The van der Waals surface area contributed by atoms with E-state index in [-0.39, 0.29) is 0 Å². The normalized spacial score (nSPS) is 12.3.